The lowest BCUT2D eigenvalue weighted by Crippen LogP contribution is -2.38. The molecule has 0 bridgehead atoms. The highest BCUT2D eigenvalue weighted by Gasteiger charge is 2.26. The van der Waals surface area contributed by atoms with Crippen molar-refractivity contribution in [2.45, 2.75) is 26.1 Å². The maximum atomic E-state index is 11.0. The number of benzene rings is 2. The fraction of sp³-hybridized carbons (Fsp3) is 0.318. The first kappa shape index (κ1) is 19.3. The van der Waals surface area contributed by atoms with Gasteiger partial charge in [0.05, 0.1) is 6.61 Å². The van der Waals surface area contributed by atoms with Crippen LogP contribution in [0.3, 0.4) is 0 Å². The van der Waals surface area contributed by atoms with Crippen molar-refractivity contribution in [3.8, 4) is 11.5 Å². The standard InChI is InChI=1S/C22H24N4O3/c1-16(27)23-13-17-7-9-19(10-8-17)22-24-21(25-29-22)20-15-26(11-12-28-20)14-18-5-3-2-4-6-18/h2-10,20H,11-15H2,1H3,(H,23,27)/t20-/m1/s1. The average molecular weight is 392 g/mol. The fourth-order valence-corrected chi connectivity index (χ4v) is 3.32. The number of nitrogens with one attached hydrogen (secondary N) is 1. The van der Waals surface area contributed by atoms with Crippen molar-refractivity contribution in [3.05, 3.63) is 71.5 Å². The van der Waals surface area contributed by atoms with E-state index in [-0.39, 0.29) is 12.0 Å². The van der Waals surface area contributed by atoms with Crippen LogP contribution < -0.4 is 5.32 Å². The van der Waals surface area contributed by atoms with Crippen LogP contribution in [-0.4, -0.2) is 40.6 Å². The molecule has 7 heteroatoms. The summed E-state index contributed by atoms with van der Waals surface area (Å²) in [6.07, 6.45) is -0.205. The Kier molecular flexibility index (Phi) is 5.97. The fourth-order valence-electron chi connectivity index (χ4n) is 3.32. The number of aromatic nitrogens is 2. The minimum absolute atomic E-state index is 0.0515. The van der Waals surface area contributed by atoms with Crippen molar-refractivity contribution in [2.75, 3.05) is 19.7 Å². The lowest BCUT2D eigenvalue weighted by molar-refractivity contribution is -0.119. The van der Waals surface area contributed by atoms with Crippen LogP contribution in [0.4, 0.5) is 0 Å². The van der Waals surface area contributed by atoms with Gasteiger partial charge in [-0.3, -0.25) is 9.69 Å². The summed E-state index contributed by atoms with van der Waals surface area (Å²) < 4.78 is 11.4. The Morgan fingerprint density at radius 1 is 1.14 bits per heavy atom. The van der Waals surface area contributed by atoms with Crippen molar-refractivity contribution in [3.63, 3.8) is 0 Å². The van der Waals surface area contributed by atoms with Crippen LogP contribution in [0, 0.1) is 0 Å². The van der Waals surface area contributed by atoms with E-state index in [0.29, 0.717) is 24.9 Å². The van der Waals surface area contributed by atoms with Gasteiger partial charge in [-0.2, -0.15) is 4.98 Å². The molecular weight excluding hydrogens is 368 g/mol. The van der Waals surface area contributed by atoms with E-state index in [0.717, 1.165) is 30.8 Å². The van der Waals surface area contributed by atoms with Crippen LogP contribution >= 0.6 is 0 Å². The summed E-state index contributed by atoms with van der Waals surface area (Å²) in [6, 6.07) is 18.1. The lowest BCUT2D eigenvalue weighted by Gasteiger charge is -2.31. The second kappa shape index (κ2) is 8.98. The Hall–Kier alpha value is -3.03. The van der Waals surface area contributed by atoms with Gasteiger partial charge in [0.15, 0.2) is 0 Å². The molecule has 2 heterocycles. The van der Waals surface area contributed by atoms with E-state index in [2.05, 4.69) is 44.6 Å². The number of hydrogen-bond acceptors (Lipinski definition) is 6. The SMILES string of the molecule is CC(=O)NCc1ccc(-c2nc([C@H]3CN(Cc4ccccc4)CCO3)no2)cc1. The van der Waals surface area contributed by atoms with Crippen molar-refractivity contribution in [1.29, 1.82) is 0 Å². The lowest BCUT2D eigenvalue weighted by atomic mass is 10.1. The van der Waals surface area contributed by atoms with Gasteiger partial charge >= 0.3 is 0 Å². The van der Waals surface area contributed by atoms with Gasteiger partial charge in [0.2, 0.25) is 11.7 Å². The molecule has 0 spiro atoms. The van der Waals surface area contributed by atoms with E-state index in [1.54, 1.807) is 0 Å². The minimum atomic E-state index is -0.205. The predicted octanol–water partition coefficient (Wildman–Crippen LogP) is 2.95. The second-order valence-corrected chi connectivity index (χ2v) is 7.14. The van der Waals surface area contributed by atoms with Crippen LogP contribution in [0.15, 0.2) is 59.1 Å². The zero-order valence-electron chi connectivity index (χ0n) is 16.4. The Balaban J connectivity index is 1.39. The molecule has 1 fully saturated rings. The van der Waals surface area contributed by atoms with Gasteiger partial charge in [0.25, 0.3) is 5.89 Å². The summed E-state index contributed by atoms with van der Waals surface area (Å²) in [6.45, 7) is 5.12. The van der Waals surface area contributed by atoms with Crippen LogP contribution in [0.1, 0.15) is 30.0 Å². The van der Waals surface area contributed by atoms with E-state index < -0.39 is 0 Å². The van der Waals surface area contributed by atoms with Crippen molar-refractivity contribution >= 4 is 5.91 Å². The number of carbonyl (C=O) groups excluding carboxylic acids is 1. The Labute approximate surface area is 169 Å². The number of ether oxygens (including phenoxy) is 1. The van der Waals surface area contributed by atoms with Gasteiger partial charge in [-0.15, -0.1) is 0 Å². The Morgan fingerprint density at radius 2 is 1.93 bits per heavy atom. The molecule has 29 heavy (non-hydrogen) atoms. The summed E-state index contributed by atoms with van der Waals surface area (Å²) in [7, 11) is 0. The number of hydrogen-bond donors (Lipinski definition) is 1. The molecule has 0 saturated carbocycles. The van der Waals surface area contributed by atoms with E-state index >= 15 is 0 Å². The average Bonchev–Trinajstić information content (AvgIpc) is 3.24. The van der Waals surface area contributed by atoms with Crippen LogP contribution in [0.5, 0.6) is 0 Å². The van der Waals surface area contributed by atoms with Gasteiger partial charge in [-0.25, -0.2) is 0 Å². The third kappa shape index (κ3) is 5.07. The summed E-state index contributed by atoms with van der Waals surface area (Å²) in [5.74, 6) is 0.986. The molecule has 1 amide bonds. The first-order valence-electron chi connectivity index (χ1n) is 9.72. The van der Waals surface area contributed by atoms with Crippen molar-refractivity contribution < 1.29 is 14.1 Å². The molecule has 1 aliphatic heterocycles. The molecule has 1 atom stereocenters. The third-order valence-electron chi connectivity index (χ3n) is 4.87. The monoisotopic (exact) mass is 392 g/mol. The molecule has 150 valence electrons. The highest BCUT2D eigenvalue weighted by atomic mass is 16.5. The molecule has 2 aromatic carbocycles. The topological polar surface area (TPSA) is 80.5 Å². The molecule has 0 unspecified atom stereocenters. The summed E-state index contributed by atoms with van der Waals surface area (Å²) in [5.41, 5.74) is 3.13. The molecule has 0 radical (unpaired) electrons. The van der Waals surface area contributed by atoms with Gasteiger partial charge in [-0.05, 0) is 23.3 Å². The van der Waals surface area contributed by atoms with E-state index in [1.807, 2.05) is 30.3 Å². The number of carbonyl (C=O) groups is 1. The normalized spacial score (nSPS) is 17.2. The smallest absolute Gasteiger partial charge is 0.258 e. The highest BCUT2D eigenvalue weighted by Crippen LogP contribution is 2.24. The zero-order chi connectivity index (χ0) is 20.1. The van der Waals surface area contributed by atoms with E-state index in [1.165, 1.54) is 12.5 Å². The molecule has 1 N–H and O–H groups in total. The number of amides is 1. The van der Waals surface area contributed by atoms with Gasteiger partial charge in [0, 0.05) is 38.7 Å². The molecule has 1 aromatic heterocycles. The molecule has 3 aromatic rings. The van der Waals surface area contributed by atoms with Crippen LogP contribution in [0.2, 0.25) is 0 Å². The van der Waals surface area contributed by atoms with E-state index in [4.69, 9.17) is 9.26 Å². The number of morpholine rings is 1. The summed E-state index contributed by atoms with van der Waals surface area (Å²) in [4.78, 5) is 17.9. The van der Waals surface area contributed by atoms with Gasteiger partial charge in [-0.1, -0.05) is 47.6 Å². The van der Waals surface area contributed by atoms with Crippen LogP contribution in [-0.2, 0) is 22.6 Å². The number of rotatable bonds is 6. The highest BCUT2D eigenvalue weighted by molar-refractivity contribution is 5.72. The maximum Gasteiger partial charge on any atom is 0.258 e. The largest absolute Gasteiger partial charge is 0.367 e. The Bertz CT molecular complexity index is 940. The molecule has 1 aliphatic rings. The van der Waals surface area contributed by atoms with Gasteiger partial charge in [0.1, 0.15) is 6.10 Å². The number of nitrogens with zero attached hydrogens (tertiary/aromatic N) is 3. The molecule has 4 rings (SSSR count). The van der Waals surface area contributed by atoms with Crippen molar-refractivity contribution in [1.82, 2.24) is 20.4 Å². The quantitative estimate of drug-likeness (QED) is 0.695. The zero-order valence-corrected chi connectivity index (χ0v) is 16.4. The minimum Gasteiger partial charge on any atom is -0.367 e. The van der Waals surface area contributed by atoms with Crippen molar-refractivity contribution in [2.24, 2.45) is 0 Å². The molecule has 1 saturated heterocycles. The molecule has 0 aliphatic carbocycles. The Morgan fingerprint density at radius 3 is 2.69 bits per heavy atom. The maximum absolute atomic E-state index is 11.0. The first-order chi connectivity index (χ1) is 14.2. The van der Waals surface area contributed by atoms with E-state index in [9.17, 15) is 4.79 Å². The van der Waals surface area contributed by atoms with Gasteiger partial charge < -0.3 is 14.6 Å². The molecule has 7 nitrogen and oxygen atoms in total. The summed E-state index contributed by atoms with van der Waals surface area (Å²) >= 11 is 0. The van der Waals surface area contributed by atoms with Crippen LogP contribution in [0.25, 0.3) is 11.5 Å². The summed E-state index contributed by atoms with van der Waals surface area (Å²) in [5, 5.41) is 6.92. The first-order valence-corrected chi connectivity index (χ1v) is 9.72. The third-order valence-corrected chi connectivity index (χ3v) is 4.87. The second-order valence-electron chi connectivity index (χ2n) is 7.14. The predicted molar refractivity (Wildman–Crippen MR) is 108 cm³/mol. The molecular formula is C22H24N4O3.